The highest BCUT2D eigenvalue weighted by atomic mass is 79.9. The number of phosphoric ester groups is 1. The van der Waals surface area contributed by atoms with Crippen LogP contribution in [0, 0.1) is 5.41 Å². The molecular formula is C5H14BrO4P. The molecule has 0 aliphatic rings. The highest BCUT2D eigenvalue weighted by molar-refractivity contribution is 8.93. The van der Waals surface area contributed by atoms with Crippen LogP contribution >= 0.6 is 24.8 Å². The van der Waals surface area contributed by atoms with Gasteiger partial charge in [-0.1, -0.05) is 20.8 Å². The Morgan fingerprint density at radius 1 is 1.36 bits per heavy atom. The highest BCUT2D eigenvalue weighted by Crippen LogP contribution is 2.37. The molecule has 0 atom stereocenters. The average Bonchev–Trinajstić information content (AvgIpc) is 1.57. The number of phosphoric acid groups is 1. The first-order chi connectivity index (χ1) is 4.21. The summed E-state index contributed by atoms with van der Waals surface area (Å²) >= 11 is 0. The Hall–Kier alpha value is 0.590. The van der Waals surface area contributed by atoms with Crippen molar-refractivity contribution in [3.05, 3.63) is 0 Å². The van der Waals surface area contributed by atoms with Crippen LogP contribution in [-0.2, 0) is 9.09 Å². The van der Waals surface area contributed by atoms with Gasteiger partial charge in [-0.3, -0.25) is 4.52 Å². The molecule has 2 N–H and O–H groups in total. The molecule has 0 aliphatic heterocycles. The van der Waals surface area contributed by atoms with E-state index in [-0.39, 0.29) is 29.0 Å². The summed E-state index contributed by atoms with van der Waals surface area (Å²) in [7, 11) is -4.26. The second-order valence-corrected chi connectivity index (χ2v) is 4.56. The third kappa shape index (κ3) is 13.6. The fourth-order valence-corrected chi connectivity index (χ4v) is 0.833. The first kappa shape index (κ1) is 14.1. The van der Waals surface area contributed by atoms with Crippen LogP contribution in [0.4, 0.5) is 0 Å². The molecule has 0 aliphatic carbocycles. The van der Waals surface area contributed by atoms with E-state index < -0.39 is 7.82 Å². The molecular weight excluding hydrogens is 235 g/mol. The summed E-state index contributed by atoms with van der Waals surface area (Å²) in [6.45, 7) is 5.57. The molecule has 70 valence electrons. The number of rotatable bonds is 2. The van der Waals surface area contributed by atoms with Gasteiger partial charge in [-0.15, -0.1) is 17.0 Å². The lowest BCUT2D eigenvalue weighted by molar-refractivity contribution is 0.139. The Kier molecular flexibility index (Phi) is 5.88. The van der Waals surface area contributed by atoms with Gasteiger partial charge < -0.3 is 9.79 Å². The van der Waals surface area contributed by atoms with Crippen LogP contribution in [0.15, 0.2) is 0 Å². The predicted octanol–water partition coefficient (Wildman–Crippen LogP) is 1.72. The van der Waals surface area contributed by atoms with Crippen LogP contribution < -0.4 is 0 Å². The maximum Gasteiger partial charge on any atom is 0.469 e. The fourth-order valence-electron chi connectivity index (χ4n) is 0.278. The van der Waals surface area contributed by atoms with Gasteiger partial charge in [0.15, 0.2) is 0 Å². The summed E-state index contributed by atoms with van der Waals surface area (Å²) < 4.78 is 14.4. The number of hydrogen-bond donors (Lipinski definition) is 2. The molecule has 0 fully saturated rings. The molecule has 0 spiro atoms. The Morgan fingerprint density at radius 3 is 1.82 bits per heavy atom. The van der Waals surface area contributed by atoms with Crippen molar-refractivity contribution in [1.29, 1.82) is 0 Å². The molecule has 0 aromatic rings. The normalized spacial score (nSPS) is 12.5. The smallest absolute Gasteiger partial charge is 0.303 e. The van der Waals surface area contributed by atoms with Gasteiger partial charge in [-0.05, 0) is 5.41 Å². The molecule has 0 heterocycles. The molecule has 4 nitrogen and oxygen atoms in total. The maximum atomic E-state index is 10.2. The van der Waals surface area contributed by atoms with Gasteiger partial charge in [0.1, 0.15) is 0 Å². The minimum absolute atomic E-state index is 0. The monoisotopic (exact) mass is 248 g/mol. The van der Waals surface area contributed by atoms with E-state index in [1.165, 1.54) is 0 Å². The van der Waals surface area contributed by atoms with Crippen LogP contribution in [0.2, 0.25) is 0 Å². The van der Waals surface area contributed by atoms with Crippen molar-refractivity contribution < 1.29 is 18.9 Å². The van der Waals surface area contributed by atoms with Crippen molar-refractivity contribution in [2.75, 3.05) is 6.61 Å². The van der Waals surface area contributed by atoms with E-state index in [1.807, 2.05) is 20.8 Å². The molecule has 0 radical (unpaired) electrons. The molecule has 0 aromatic heterocycles. The second kappa shape index (κ2) is 4.58. The average molecular weight is 249 g/mol. The highest BCUT2D eigenvalue weighted by Gasteiger charge is 2.19. The molecule has 0 bridgehead atoms. The van der Waals surface area contributed by atoms with Crippen molar-refractivity contribution in [3.8, 4) is 0 Å². The van der Waals surface area contributed by atoms with Gasteiger partial charge in [-0.25, -0.2) is 4.57 Å². The Morgan fingerprint density at radius 2 is 1.73 bits per heavy atom. The topological polar surface area (TPSA) is 66.8 Å². The van der Waals surface area contributed by atoms with Gasteiger partial charge in [0.25, 0.3) is 0 Å². The maximum absolute atomic E-state index is 10.2. The zero-order valence-corrected chi connectivity index (χ0v) is 9.38. The first-order valence-corrected chi connectivity index (χ1v) is 4.44. The van der Waals surface area contributed by atoms with Crippen LogP contribution in [0.25, 0.3) is 0 Å². The second-order valence-electron chi connectivity index (χ2n) is 3.32. The molecule has 6 heteroatoms. The van der Waals surface area contributed by atoms with Gasteiger partial charge in [0, 0.05) is 0 Å². The van der Waals surface area contributed by atoms with Crippen molar-refractivity contribution in [3.63, 3.8) is 0 Å². The summed E-state index contributed by atoms with van der Waals surface area (Å²) in [6.07, 6.45) is 0. The summed E-state index contributed by atoms with van der Waals surface area (Å²) in [5.74, 6) is 0. The van der Waals surface area contributed by atoms with Crippen LogP contribution in [0.5, 0.6) is 0 Å². The summed E-state index contributed by atoms with van der Waals surface area (Å²) in [6, 6.07) is 0. The van der Waals surface area contributed by atoms with Crippen molar-refractivity contribution in [2.24, 2.45) is 5.41 Å². The SMILES string of the molecule is Br.CC(C)(C)COP(=O)(O)O. The zero-order valence-electron chi connectivity index (χ0n) is 6.77. The largest absolute Gasteiger partial charge is 0.469 e. The first-order valence-electron chi connectivity index (χ1n) is 2.91. The summed E-state index contributed by atoms with van der Waals surface area (Å²) in [5.41, 5.74) is -0.207. The minimum atomic E-state index is -4.26. The third-order valence-corrected chi connectivity index (χ3v) is 1.13. The Balaban J connectivity index is 0. The minimum Gasteiger partial charge on any atom is -0.303 e. The van der Waals surface area contributed by atoms with Crippen molar-refractivity contribution in [2.45, 2.75) is 20.8 Å². The van der Waals surface area contributed by atoms with Crippen LogP contribution in [0.1, 0.15) is 20.8 Å². The van der Waals surface area contributed by atoms with E-state index in [0.29, 0.717) is 0 Å². The molecule has 0 amide bonds. The third-order valence-electron chi connectivity index (χ3n) is 0.666. The van der Waals surface area contributed by atoms with E-state index in [2.05, 4.69) is 4.52 Å². The summed E-state index contributed by atoms with van der Waals surface area (Å²) in [5, 5.41) is 0. The van der Waals surface area contributed by atoms with E-state index in [0.717, 1.165) is 0 Å². The fraction of sp³-hybridized carbons (Fsp3) is 1.00. The lowest BCUT2D eigenvalue weighted by Gasteiger charge is -2.17. The molecule has 0 aromatic carbocycles. The van der Waals surface area contributed by atoms with E-state index in [1.54, 1.807) is 0 Å². The lowest BCUT2D eigenvalue weighted by Crippen LogP contribution is -2.13. The number of hydrogen-bond acceptors (Lipinski definition) is 2. The van der Waals surface area contributed by atoms with E-state index >= 15 is 0 Å². The van der Waals surface area contributed by atoms with E-state index in [4.69, 9.17) is 9.79 Å². The van der Waals surface area contributed by atoms with Crippen LogP contribution in [-0.4, -0.2) is 16.4 Å². The molecule has 0 saturated carbocycles. The Bertz CT molecular complexity index is 147. The predicted molar refractivity (Wildman–Crippen MR) is 47.8 cm³/mol. The Labute approximate surface area is 77.0 Å². The summed E-state index contributed by atoms with van der Waals surface area (Å²) in [4.78, 5) is 16.5. The number of halogens is 1. The standard InChI is InChI=1S/C5H13O4P.BrH/c1-5(2,3)4-9-10(6,7)8;/h4H2,1-3H3,(H2,6,7,8);1H. The molecule has 0 saturated heterocycles. The van der Waals surface area contributed by atoms with Crippen molar-refractivity contribution in [1.82, 2.24) is 0 Å². The van der Waals surface area contributed by atoms with Gasteiger partial charge in [-0.2, -0.15) is 0 Å². The molecule has 0 unspecified atom stereocenters. The lowest BCUT2D eigenvalue weighted by atomic mass is 9.99. The zero-order chi connectivity index (χ0) is 8.41. The van der Waals surface area contributed by atoms with Crippen LogP contribution in [0.3, 0.4) is 0 Å². The van der Waals surface area contributed by atoms with Crippen molar-refractivity contribution >= 4 is 24.8 Å². The van der Waals surface area contributed by atoms with Gasteiger partial charge >= 0.3 is 7.82 Å². The van der Waals surface area contributed by atoms with Gasteiger partial charge in [0.2, 0.25) is 0 Å². The molecule has 0 rings (SSSR count). The van der Waals surface area contributed by atoms with E-state index in [9.17, 15) is 4.57 Å². The molecule has 11 heavy (non-hydrogen) atoms. The quantitative estimate of drug-likeness (QED) is 0.731. The van der Waals surface area contributed by atoms with Gasteiger partial charge in [0.05, 0.1) is 6.61 Å².